The van der Waals surface area contributed by atoms with Gasteiger partial charge in [-0.25, -0.2) is 0 Å². The van der Waals surface area contributed by atoms with Gasteiger partial charge >= 0.3 is 0 Å². The van der Waals surface area contributed by atoms with E-state index in [-0.39, 0.29) is 12.4 Å². The Morgan fingerprint density at radius 2 is 2.10 bits per heavy atom. The fraction of sp³-hybridized carbons (Fsp3) is 0.0625. The Morgan fingerprint density at radius 3 is 2.75 bits per heavy atom. The van der Waals surface area contributed by atoms with Crippen molar-refractivity contribution < 1.29 is 9.53 Å². The first kappa shape index (κ1) is 13.5. The summed E-state index contributed by atoms with van der Waals surface area (Å²) in [5, 5.41) is 8.41. The molecule has 0 saturated carbocycles. The molecule has 2 aromatic rings. The number of allylic oxidation sites excluding steroid dienone is 1. The highest BCUT2D eigenvalue weighted by atomic mass is 16.5. The number of nitriles is 1. The van der Waals surface area contributed by atoms with E-state index in [1.165, 1.54) is 6.08 Å². The van der Waals surface area contributed by atoms with Crippen molar-refractivity contribution in [2.45, 2.75) is 0 Å². The topological polar surface area (TPSA) is 63.0 Å². The second-order valence-electron chi connectivity index (χ2n) is 3.96. The quantitative estimate of drug-likeness (QED) is 0.615. The van der Waals surface area contributed by atoms with Crippen molar-refractivity contribution in [2.24, 2.45) is 0 Å². The van der Waals surface area contributed by atoms with E-state index in [4.69, 9.17) is 10.00 Å². The lowest BCUT2D eigenvalue weighted by Crippen LogP contribution is -1.96. The van der Waals surface area contributed by atoms with Gasteiger partial charge in [0.1, 0.15) is 11.8 Å². The molecule has 1 heterocycles. The zero-order valence-electron chi connectivity index (χ0n) is 10.7. The first-order valence-electron chi connectivity index (χ1n) is 6.02. The van der Waals surface area contributed by atoms with E-state index in [9.17, 15) is 4.79 Å². The summed E-state index contributed by atoms with van der Waals surface area (Å²) in [6, 6.07) is 12.2. The van der Waals surface area contributed by atoms with Crippen LogP contribution in [0.25, 0.3) is 6.08 Å². The van der Waals surface area contributed by atoms with Crippen LogP contribution in [-0.2, 0) is 0 Å². The van der Waals surface area contributed by atoms with Gasteiger partial charge in [0, 0.05) is 18.0 Å². The highest BCUT2D eigenvalue weighted by Gasteiger charge is 2.02. The summed E-state index contributed by atoms with van der Waals surface area (Å²) in [5.41, 5.74) is 1.43. The number of hydrogen-bond acceptors (Lipinski definition) is 4. The molecule has 0 bridgehead atoms. The summed E-state index contributed by atoms with van der Waals surface area (Å²) in [6.45, 7) is -0.00575. The van der Waals surface area contributed by atoms with Crippen LogP contribution in [0.5, 0.6) is 5.75 Å². The lowest BCUT2D eigenvalue weighted by atomic mass is 10.1. The van der Waals surface area contributed by atoms with Gasteiger partial charge in [0.15, 0.2) is 12.4 Å². The van der Waals surface area contributed by atoms with Crippen molar-refractivity contribution in [1.29, 1.82) is 5.26 Å². The third-order valence-corrected chi connectivity index (χ3v) is 2.55. The Morgan fingerprint density at radius 1 is 1.30 bits per heavy atom. The minimum Gasteiger partial charge on any atom is -0.479 e. The number of aromatic nitrogens is 1. The number of ketones is 1. The van der Waals surface area contributed by atoms with E-state index in [1.54, 1.807) is 42.7 Å². The number of rotatable bonds is 5. The van der Waals surface area contributed by atoms with Crippen LogP contribution >= 0.6 is 0 Å². The Kier molecular flexibility index (Phi) is 4.63. The second kappa shape index (κ2) is 6.86. The van der Waals surface area contributed by atoms with E-state index >= 15 is 0 Å². The normalized spacial score (nSPS) is 10.2. The predicted molar refractivity (Wildman–Crippen MR) is 75.2 cm³/mol. The van der Waals surface area contributed by atoms with Gasteiger partial charge in [0.05, 0.1) is 0 Å². The van der Waals surface area contributed by atoms with E-state index in [2.05, 4.69) is 4.98 Å². The highest BCUT2D eigenvalue weighted by Crippen LogP contribution is 2.13. The standard InChI is InChI=1S/C16H12N2O2/c17-9-11-20-15-6-4-14(5-7-15)16(19)8-3-13-2-1-10-18-12-13/h1-8,10,12H,11H2. The van der Waals surface area contributed by atoms with E-state index in [0.717, 1.165) is 5.56 Å². The molecule has 0 spiro atoms. The molecule has 0 saturated heterocycles. The molecule has 0 aliphatic rings. The first-order chi connectivity index (χ1) is 9.79. The van der Waals surface area contributed by atoms with Crippen molar-refractivity contribution in [3.05, 3.63) is 66.0 Å². The van der Waals surface area contributed by atoms with Crippen molar-refractivity contribution >= 4 is 11.9 Å². The van der Waals surface area contributed by atoms with Gasteiger partial charge < -0.3 is 4.74 Å². The maximum atomic E-state index is 11.9. The molecule has 1 aromatic heterocycles. The maximum Gasteiger partial charge on any atom is 0.185 e. The van der Waals surface area contributed by atoms with Gasteiger partial charge in [-0.2, -0.15) is 5.26 Å². The highest BCUT2D eigenvalue weighted by molar-refractivity contribution is 6.06. The molecule has 0 aliphatic heterocycles. The van der Waals surface area contributed by atoms with Gasteiger partial charge in [-0.1, -0.05) is 6.07 Å². The molecule has 20 heavy (non-hydrogen) atoms. The van der Waals surface area contributed by atoms with Crippen LogP contribution in [0.1, 0.15) is 15.9 Å². The molecule has 0 radical (unpaired) electrons. The maximum absolute atomic E-state index is 11.9. The van der Waals surface area contributed by atoms with Gasteiger partial charge in [0.25, 0.3) is 0 Å². The van der Waals surface area contributed by atoms with Crippen molar-refractivity contribution in [3.8, 4) is 11.8 Å². The third-order valence-electron chi connectivity index (χ3n) is 2.55. The van der Waals surface area contributed by atoms with E-state index in [0.29, 0.717) is 11.3 Å². The summed E-state index contributed by atoms with van der Waals surface area (Å²) < 4.78 is 5.12. The molecule has 0 atom stereocenters. The van der Waals surface area contributed by atoms with Crippen molar-refractivity contribution in [3.63, 3.8) is 0 Å². The molecule has 0 amide bonds. The van der Waals surface area contributed by atoms with Crippen LogP contribution in [0.15, 0.2) is 54.9 Å². The molecule has 4 nitrogen and oxygen atoms in total. The van der Waals surface area contributed by atoms with Crippen LogP contribution in [-0.4, -0.2) is 17.4 Å². The smallest absolute Gasteiger partial charge is 0.185 e. The summed E-state index contributed by atoms with van der Waals surface area (Å²) in [4.78, 5) is 15.9. The summed E-state index contributed by atoms with van der Waals surface area (Å²) in [7, 11) is 0. The molecule has 2 rings (SSSR count). The molecular formula is C16H12N2O2. The molecule has 98 valence electrons. The SMILES string of the molecule is N#CCOc1ccc(C(=O)C=Cc2cccnc2)cc1. The van der Waals surface area contributed by atoms with Gasteiger partial charge in [0.2, 0.25) is 0 Å². The number of nitrogens with zero attached hydrogens (tertiary/aromatic N) is 2. The number of ether oxygens (including phenoxy) is 1. The van der Waals surface area contributed by atoms with Crippen molar-refractivity contribution in [2.75, 3.05) is 6.61 Å². The average molecular weight is 264 g/mol. The van der Waals surface area contributed by atoms with Gasteiger partial charge in [-0.3, -0.25) is 9.78 Å². The average Bonchev–Trinajstić information content (AvgIpc) is 2.52. The molecule has 4 heteroatoms. The second-order valence-corrected chi connectivity index (χ2v) is 3.96. The minimum absolute atomic E-state index is 0.00575. The fourth-order valence-electron chi connectivity index (χ4n) is 1.57. The number of carbonyl (C=O) groups is 1. The van der Waals surface area contributed by atoms with E-state index < -0.39 is 0 Å². The Bertz CT molecular complexity index is 640. The minimum atomic E-state index is -0.0966. The van der Waals surface area contributed by atoms with Crippen molar-refractivity contribution in [1.82, 2.24) is 4.98 Å². The molecule has 0 aliphatic carbocycles. The first-order valence-corrected chi connectivity index (χ1v) is 6.02. The Hall–Kier alpha value is -2.93. The molecular weight excluding hydrogens is 252 g/mol. The molecule has 0 unspecified atom stereocenters. The Labute approximate surface area is 117 Å². The van der Waals surface area contributed by atoms with E-state index in [1.807, 2.05) is 18.2 Å². The Balaban J connectivity index is 2.03. The number of pyridine rings is 1. The molecule has 0 fully saturated rings. The van der Waals surface area contributed by atoms with Crippen LogP contribution in [0, 0.1) is 11.3 Å². The lowest BCUT2D eigenvalue weighted by molar-refractivity contribution is 0.104. The summed E-state index contributed by atoms with van der Waals surface area (Å²) >= 11 is 0. The van der Waals surface area contributed by atoms with Gasteiger partial charge in [-0.15, -0.1) is 0 Å². The number of carbonyl (C=O) groups excluding carboxylic acids is 1. The number of hydrogen-bond donors (Lipinski definition) is 0. The lowest BCUT2D eigenvalue weighted by Gasteiger charge is -2.01. The van der Waals surface area contributed by atoms with Crippen LogP contribution in [0.2, 0.25) is 0 Å². The van der Waals surface area contributed by atoms with Crippen LogP contribution in [0.4, 0.5) is 0 Å². The largest absolute Gasteiger partial charge is 0.479 e. The van der Waals surface area contributed by atoms with Gasteiger partial charge in [-0.05, 0) is 48.0 Å². The fourth-order valence-corrected chi connectivity index (χ4v) is 1.57. The molecule has 0 N–H and O–H groups in total. The zero-order chi connectivity index (χ0) is 14.2. The number of benzene rings is 1. The summed E-state index contributed by atoms with van der Waals surface area (Å²) in [6.07, 6.45) is 6.58. The zero-order valence-corrected chi connectivity index (χ0v) is 10.7. The van der Waals surface area contributed by atoms with Crippen LogP contribution < -0.4 is 4.74 Å². The molecule has 1 aromatic carbocycles. The third kappa shape index (κ3) is 3.79. The van der Waals surface area contributed by atoms with Crippen LogP contribution in [0.3, 0.4) is 0 Å². The summed E-state index contributed by atoms with van der Waals surface area (Å²) in [5.74, 6) is 0.472. The predicted octanol–water partition coefficient (Wildman–Crippen LogP) is 2.88. The monoisotopic (exact) mass is 264 g/mol.